The predicted molar refractivity (Wildman–Crippen MR) is 262 cm³/mol. The smallest absolute Gasteiger partial charge is 0.329 e. The number of benzene rings is 2. The zero-order chi connectivity index (χ0) is 47.2. The number of imidazole rings is 1. The highest BCUT2D eigenvalue weighted by atomic mass is 16.6. The van der Waals surface area contributed by atoms with E-state index in [9.17, 15) is 19.5 Å². The lowest BCUT2D eigenvalue weighted by Gasteiger charge is -2.34. The van der Waals surface area contributed by atoms with Crippen LogP contribution in [0, 0.1) is 0 Å². The van der Waals surface area contributed by atoms with Gasteiger partial charge in [-0.25, -0.2) is 9.78 Å². The molecule has 3 N–H and O–H groups in total. The van der Waals surface area contributed by atoms with Gasteiger partial charge in [0.25, 0.3) is 0 Å². The van der Waals surface area contributed by atoms with Gasteiger partial charge in [-0.05, 0) is 80.2 Å². The van der Waals surface area contributed by atoms with Crippen LogP contribution in [0.5, 0.6) is 0 Å². The first-order valence-corrected chi connectivity index (χ1v) is 24.9. The summed E-state index contributed by atoms with van der Waals surface area (Å²) >= 11 is 0. The van der Waals surface area contributed by atoms with Crippen molar-refractivity contribution >= 4 is 39.8 Å². The number of carbonyl (C=O) groups excluding carboxylic acids is 2. The fourth-order valence-corrected chi connectivity index (χ4v) is 9.68. The van der Waals surface area contributed by atoms with Crippen LogP contribution in [0.15, 0.2) is 59.7 Å². The maximum atomic E-state index is 13.0. The Labute approximate surface area is 399 Å². The van der Waals surface area contributed by atoms with Gasteiger partial charge in [-0.2, -0.15) is 4.98 Å². The second-order valence-electron chi connectivity index (χ2n) is 18.5. The Balaban J connectivity index is 0.651. The van der Waals surface area contributed by atoms with Gasteiger partial charge in [0.05, 0.1) is 63.4 Å². The summed E-state index contributed by atoms with van der Waals surface area (Å²) in [6, 6.07) is 14.5. The molecule has 0 radical (unpaired) electrons. The molecule has 8 rings (SSSR count). The van der Waals surface area contributed by atoms with Crippen molar-refractivity contribution < 1.29 is 33.6 Å². The third-order valence-electron chi connectivity index (χ3n) is 13.7. The molecule has 1 aliphatic carbocycles. The van der Waals surface area contributed by atoms with E-state index in [1.54, 1.807) is 11.6 Å². The Morgan fingerprint density at radius 1 is 0.779 bits per heavy atom. The highest BCUT2D eigenvalue weighted by molar-refractivity contribution is 6.00. The van der Waals surface area contributed by atoms with E-state index in [1.807, 2.05) is 24.4 Å². The molecule has 0 bridgehead atoms. The molecule has 5 aromatic rings. The standard InChI is InChI=1S/C51H71N9O8/c1-3-4-19-52-50-53-34-42-43(36-59(48(42)55-50)40-12-14-41(61)15-13-40)39-10-7-38(8-11-39)35-58-22-20-57(21-23-58)24-26-66-28-30-68-32-31-67-29-27-65-25-5-6-37-9-16-44-46(33-37)56(2)51(64)60(44)45-17-18-47(62)54-49(45)63/h7-11,16,33-34,36,40-41,45,61H,3-6,12-15,17-32,35H2,1-2H3,(H,52,53,55)(H,54,62,63)/t40?,41?,45-/m0/s1. The average molecular weight is 938 g/mol. The number of piperazine rings is 1. The average Bonchev–Trinajstić information content (AvgIpc) is 3.84. The molecular formula is C51H71N9O8. The number of amides is 2. The van der Waals surface area contributed by atoms with E-state index < -0.39 is 11.9 Å². The van der Waals surface area contributed by atoms with E-state index in [-0.39, 0.29) is 24.1 Å². The van der Waals surface area contributed by atoms with Crippen molar-refractivity contribution in [2.24, 2.45) is 7.05 Å². The molecule has 2 aliphatic heterocycles. The summed E-state index contributed by atoms with van der Waals surface area (Å²) in [7, 11) is 1.71. The molecule has 368 valence electrons. The van der Waals surface area contributed by atoms with Crippen LogP contribution in [-0.4, -0.2) is 149 Å². The maximum Gasteiger partial charge on any atom is 0.329 e. The number of aryl methyl sites for hydroxylation is 2. The topological polar surface area (TPSA) is 179 Å². The first-order valence-electron chi connectivity index (χ1n) is 24.9. The Kier molecular flexibility index (Phi) is 17.8. The summed E-state index contributed by atoms with van der Waals surface area (Å²) in [5, 5.41) is 17.0. The quantitative estimate of drug-likeness (QED) is 0.0512. The van der Waals surface area contributed by atoms with Crippen LogP contribution in [0.25, 0.3) is 33.2 Å². The lowest BCUT2D eigenvalue weighted by molar-refractivity contribution is -0.135. The molecule has 3 aliphatic rings. The lowest BCUT2D eigenvalue weighted by Crippen LogP contribution is -2.46. The van der Waals surface area contributed by atoms with Gasteiger partial charge in [-0.15, -0.1) is 0 Å². The Morgan fingerprint density at radius 3 is 2.16 bits per heavy atom. The predicted octanol–water partition coefficient (Wildman–Crippen LogP) is 5.23. The number of hydrogen-bond acceptors (Lipinski definition) is 13. The molecule has 0 spiro atoms. The Bertz CT molecular complexity index is 2470. The minimum Gasteiger partial charge on any atom is -0.393 e. The number of nitrogens with zero attached hydrogens (tertiary/aromatic N) is 7. The molecule has 3 fully saturated rings. The van der Waals surface area contributed by atoms with Crippen molar-refractivity contribution in [3.63, 3.8) is 0 Å². The van der Waals surface area contributed by atoms with Gasteiger partial charge in [-0.3, -0.25) is 33.8 Å². The summed E-state index contributed by atoms with van der Waals surface area (Å²) in [4.78, 5) is 51.8. The number of aromatic nitrogens is 5. The van der Waals surface area contributed by atoms with Crippen molar-refractivity contribution in [2.45, 2.75) is 95.9 Å². The SMILES string of the molecule is CCCCNc1ncc2c(-c3ccc(CN4CCN(CCOCCOCCOCCOCCCc5ccc6c(c5)n(C)c(=O)n6[C@H]5CCC(=O)NC5=O)CC4)cc3)cn(C3CCC(O)CC3)c2n1. The van der Waals surface area contributed by atoms with Crippen LogP contribution in [0.4, 0.5) is 5.95 Å². The molecule has 0 unspecified atom stereocenters. The molecule has 3 aromatic heterocycles. The summed E-state index contributed by atoms with van der Waals surface area (Å²) in [5.41, 5.74) is 6.88. The van der Waals surface area contributed by atoms with Crippen molar-refractivity contribution in [1.29, 1.82) is 0 Å². The van der Waals surface area contributed by atoms with E-state index in [2.05, 4.69) is 62.4 Å². The van der Waals surface area contributed by atoms with Crippen LogP contribution in [-0.2, 0) is 48.5 Å². The molecule has 5 heterocycles. The number of imide groups is 1. The normalized spacial score (nSPS) is 19.6. The summed E-state index contributed by atoms with van der Waals surface area (Å²) in [6.45, 7) is 13.4. The Morgan fingerprint density at radius 2 is 1.46 bits per heavy atom. The number of aliphatic hydroxyl groups excluding tert-OH is 1. The van der Waals surface area contributed by atoms with Gasteiger partial charge in [0.1, 0.15) is 11.7 Å². The molecule has 1 atom stereocenters. The van der Waals surface area contributed by atoms with E-state index >= 15 is 0 Å². The molecule has 1 saturated carbocycles. The molecule has 17 nitrogen and oxygen atoms in total. The van der Waals surface area contributed by atoms with Gasteiger partial charge >= 0.3 is 5.69 Å². The number of rotatable bonds is 25. The van der Waals surface area contributed by atoms with E-state index in [0.717, 1.165) is 125 Å². The number of fused-ring (bicyclic) bond motifs is 2. The second kappa shape index (κ2) is 24.5. The summed E-state index contributed by atoms with van der Waals surface area (Å²) in [5.74, 6) is -0.0559. The lowest BCUT2D eigenvalue weighted by atomic mass is 9.93. The molecule has 2 aromatic carbocycles. The van der Waals surface area contributed by atoms with Crippen molar-refractivity contribution in [3.05, 3.63) is 76.5 Å². The van der Waals surface area contributed by atoms with Crippen LogP contribution >= 0.6 is 0 Å². The largest absolute Gasteiger partial charge is 0.393 e. The van der Waals surface area contributed by atoms with Crippen LogP contribution in [0.1, 0.15) is 87.9 Å². The number of aliphatic hydroxyl groups is 1. The van der Waals surface area contributed by atoms with Gasteiger partial charge in [0.15, 0.2) is 0 Å². The number of unbranched alkanes of at least 4 members (excludes halogenated alkanes) is 1. The van der Waals surface area contributed by atoms with Crippen molar-refractivity contribution in [2.75, 3.05) is 97.4 Å². The summed E-state index contributed by atoms with van der Waals surface area (Å²) in [6.07, 6.45) is 11.9. The second-order valence-corrected chi connectivity index (χ2v) is 18.5. The van der Waals surface area contributed by atoms with Gasteiger partial charge in [-0.1, -0.05) is 43.7 Å². The van der Waals surface area contributed by atoms with Crippen LogP contribution in [0.3, 0.4) is 0 Å². The minimum absolute atomic E-state index is 0.201. The van der Waals surface area contributed by atoms with Crippen molar-refractivity contribution in [1.82, 2.24) is 38.8 Å². The minimum atomic E-state index is -0.688. The van der Waals surface area contributed by atoms with E-state index in [4.69, 9.17) is 28.9 Å². The number of carbonyl (C=O) groups is 2. The third-order valence-corrected chi connectivity index (χ3v) is 13.7. The van der Waals surface area contributed by atoms with Crippen molar-refractivity contribution in [3.8, 4) is 11.1 Å². The monoisotopic (exact) mass is 938 g/mol. The molecule has 2 amide bonds. The highest BCUT2D eigenvalue weighted by Gasteiger charge is 2.31. The zero-order valence-corrected chi connectivity index (χ0v) is 40.0. The number of nitrogens with one attached hydrogen (secondary N) is 2. The van der Waals surface area contributed by atoms with Gasteiger partial charge in [0, 0.05) is 95.3 Å². The van der Waals surface area contributed by atoms with E-state index in [1.165, 1.54) is 15.7 Å². The first-order chi connectivity index (χ1) is 33.2. The van der Waals surface area contributed by atoms with Crippen LogP contribution < -0.4 is 16.3 Å². The number of anilines is 1. The van der Waals surface area contributed by atoms with Gasteiger partial charge < -0.3 is 33.9 Å². The summed E-state index contributed by atoms with van der Waals surface area (Å²) < 4.78 is 28.4. The van der Waals surface area contributed by atoms with Gasteiger partial charge in [0.2, 0.25) is 17.8 Å². The molecular weight excluding hydrogens is 867 g/mol. The van der Waals surface area contributed by atoms with E-state index in [0.29, 0.717) is 76.8 Å². The number of ether oxygens (including phenoxy) is 4. The Hall–Kier alpha value is -5.01. The molecule has 17 heteroatoms. The zero-order valence-electron chi connectivity index (χ0n) is 40.0. The maximum absolute atomic E-state index is 13.0. The number of hydrogen-bond donors (Lipinski definition) is 3. The third kappa shape index (κ3) is 12.8. The molecule has 2 saturated heterocycles. The van der Waals surface area contributed by atoms with Crippen LogP contribution in [0.2, 0.25) is 0 Å². The fourth-order valence-electron chi connectivity index (χ4n) is 9.68. The highest BCUT2D eigenvalue weighted by Crippen LogP contribution is 2.37. The first kappa shape index (κ1) is 49.4. The molecule has 68 heavy (non-hydrogen) atoms. The number of piperidine rings is 1. The fraction of sp³-hybridized carbons (Fsp3) is 0.588.